The molecule has 1 aromatic rings. The summed E-state index contributed by atoms with van der Waals surface area (Å²) in [6, 6.07) is 2.28. The molecule has 1 aliphatic carbocycles. The Morgan fingerprint density at radius 3 is 2.64 bits per heavy atom. The van der Waals surface area contributed by atoms with Crippen LogP contribution in [0.15, 0.2) is 12.1 Å². The standard InChI is InChI=1S/C11H12F2O/c1-7-4-11(10(13)5-9(7)12)14-6-8-2-3-8/h4-5,8H,2-3,6H2,1H3. The van der Waals surface area contributed by atoms with Crippen molar-refractivity contribution in [1.82, 2.24) is 0 Å². The zero-order chi connectivity index (χ0) is 10.1. The van der Waals surface area contributed by atoms with E-state index in [-0.39, 0.29) is 5.75 Å². The first-order valence-electron chi connectivity index (χ1n) is 4.75. The van der Waals surface area contributed by atoms with Gasteiger partial charge in [0.2, 0.25) is 0 Å². The molecule has 3 heteroatoms. The summed E-state index contributed by atoms with van der Waals surface area (Å²) < 4.78 is 31.3. The van der Waals surface area contributed by atoms with Crippen molar-refractivity contribution in [2.45, 2.75) is 19.8 Å². The van der Waals surface area contributed by atoms with E-state index in [4.69, 9.17) is 4.74 Å². The van der Waals surface area contributed by atoms with Crippen LogP contribution in [0.3, 0.4) is 0 Å². The smallest absolute Gasteiger partial charge is 0.167 e. The first-order valence-corrected chi connectivity index (χ1v) is 4.75. The lowest BCUT2D eigenvalue weighted by Gasteiger charge is -2.07. The molecule has 0 amide bonds. The molecule has 14 heavy (non-hydrogen) atoms. The number of aryl methyl sites for hydroxylation is 1. The molecule has 1 aliphatic rings. The van der Waals surface area contributed by atoms with Crippen molar-refractivity contribution in [3.05, 3.63) is 29.3 Å². The van der Waals surface area contributed by atoms with Crippen LogP contribution in [-0.2, 0) is 0 Å². The van der Waals surface area contributed by atoms with Crippen LogP contribution in [0, 0.1) is 24.5 Å². The van der Waals surface area contributed by atoms with E-state index in [1.165, 1.54) is 6.07 Å². The average molecular weight is 198 g/mol. The van der Waals surface area contributed by atoms with Gasteiger partial charge in [0.1, 0.15) is 5.82 Å². The summed E-state index contributed by atoms with van der Waals surface area (Å²) in [5.74, 6) is -0.411. The van der Waals surface area contributed by atoms with Crippen molar-refractivity contribution in [2.75, 3.05) is 6.61 Å². The molecule has 2 rings (SSSR count). The molecule has 0 bridgehead atoms. The van der Waals surface area contributed by atoms with Crippen LogP contribution in [0.1, 0.15) is 18.4 Å². The highest BCUT2D eigenvalue weighted by atomic mass is 19.1. The lowest BCUT2D eigenvalue weighted by atomic mass is 10.2. The first kappa shape index (κ1) is 9.44. The van der Waals surface area contributed by atoms with Gasteiger partial charge < -0.3 is 4.74 Å². The Morgan fingerprint density at radius 1 is 1.29 bits per heavy atom. The number of rotatable bonds is 3. The van der Waals surface area contributed by atoms with Crippen molar-refractivity contribution < 1.29 is 13.5 Å². The van der Waals surface area contributed by atoms with Crippen molar-refractivity contribution >= 4 is 0 Å². The van der Waals surface area contributed by atoms with Gasteiger partial charge in [-0.25, -0.2) is 8.78 Å². The van der Waals surface area contributed by atoms with Gasteiger partial charge in [0.15, 0.2) is 11.6 Å². The van der Waals surface area contributed by atoms with Crippen LogP contribution in [0.4, 0.5) is 8.78 Å². The van der Waals surface area contributed by atoms with Crippen LogP contribution in [0.25, 0.3) is 0 Å². The van der Waals surface area contributed by atoms with E-state index in [1.807, 2.05) is 0 Å². The van der Waals surface area contributed by atoms with E-state index in [1.54, 1.807) is 6.92 Å². The van der Waals surface area contributed by atoms with E-state index in [9.17, 15) is 8.78 Å². The van der Waals surface area contributed by atoms with Gasteiger partial charge in [0.05, 0.1) is 6.61 Å². The fraction of sp³-hybridized carbons (Fsp3) is 0.455. The van der Waals surface area contributed by atoms with Crippen molar-refractivity contribution in [3.8, 4) is 5.75 Å². The third-order valence-corrected chi connectivity index (χ3v) is 2.38. The number of hydrogen-bond acceptors (Lipinski definition) is 1. The van der Waals surface area contributed by atoms with Gasteiger partial charge in [0.25, 0.3) is 0 Å². The minimum Gasteiger partial charge on any atom is -0.490 e. The van der Waals surface area contributed by atoms with Gasteiger partial charge in [-0.3, -0.25) is 0 Å². The van der Waals surface area contributed by atoms with Gasteiger partial charge in [-0.05, 0) is 37.3 Å². The summed E-state index contributed by atoms with van der Waals surface area (Å²) in [6.07, 6.45) is 2.31. The molecule has 0 spiro atoms. The van der Waals surface area contributed by atoms with Gasteiger partial charge >= 0.3 is 0 Å². The summed E-state index contributed by atoms with van der Waals surface area (Å²) in [6.45, 7) is 2.14. The quantitative estimate of drug-likeness (QED) is 0.725. The van der Waals surface area contributed by atoms with Gasteiger partial charge in [0, 0.05) is 6.07 Å². The van der Waals surface area contributed by atoms with E-state index in [0.717, 1.165) is 18.9 Å². The second-order valence-corrected chi connectivity index (χ2v) is 3.79. The maximum Gasteiger partial charge on any atom is 0.167 e. The SMILES string of the molecule is Cc1cc(OCC2CC2)c(F)cc1F. The highest BCUT2D eigenvalue weighted by molar-refractivity contribution is 5.30. The van der Waals surface area contributed by atoms with E-state index in [2.05, 4.69) is 0 Å². The van der Waals surface area contributed by atoms with E-state index < -0.39 is 11.6 Å². The minimum atomic E-state index is -0.617. The fourth-order valence-electron chi connectivity index (χ4n) is 1.23. The molecule has 76 valence electrons. The van der Waals surface area contributed by atoms with Crippen LogP contribution in [-0.4, -0.2) is 6.61 Å². The van der Waals surface area contributed by atoms with Crippen LogP contribution < -0.4 is 4.74 Å². The Labute approximate surface area is 81.7 Å². The summed E-state index contributed by atoms with van der Waals surface area (Å²) in [5.41, 5.74) is 0.414. The molecule has 0 aromatic heterocycles. The fourth-order valence-corrected chi connectivity index (χ4v) is 1.23. The second kappa shape index (κ2) is 3.56. The summed E-state index contributed by atoms with van der Waals surface area (Å²) in [7, 11) is 0. The summed E-state index contributed by atoms with van der Waals surface area (Å²) in [5, 5.41) is 0. The Bertz CT molecular complexity index is 345. The minimum absolute atomic E-state index is 0.163. The van der Waals surface area contributed by atoms with E-state index >= 15 is 0 Å². The Kier molecular flexibility index (Phi) is 2.40. The molecule has 0 N–H and O–H groups in total. The molecule has 0 heterocycles. The summed E-state index contributed by atoms with van der Waals surface area (Å²) in [4.78, 5) is 0. The number of benzene rings is 1. The third-order valence-electron chi connectivity index (χ3n) is 2.38. The molecule has 0 saturated heterocycles. The Balaban J connectivity index is 2.10. The topological polar surface area (TPSA) is 9.23 Å². The maximum absolute atomic E-state index is 13.1. The highest BCUT2D eigenvalue weighted by Gasteiger charge is 2.22. The highest BCUT2D eigenvalue weighted by Crippen LogP contribution is 2.30. The first-order chi connectivity index (χ1) is 6.66. The zero-order valence-electron chi connectivity index (χ0n) is 8.02. The maximum atomic E-state index is 13.1. The van der Waals surface area contributed by atoms with Gasteiger partial charge in [-0.2, -0.15) is 0 Å². The average Bonchev–Trinajstić information content (AvgIpc) is 2.92. The molecule has 0 radical (unpaired) electrons. The number of hydrogen-bond donors (Lipinski definition) is 0. The Hall–Kier alpha value is -1.12. The van der Waals surface area contributed by atoms with Crippen LogP contribution in [0.5, 0.6) is 5.75 Å². The molecule has 1 fully saturated rings. The predicted octanol–water partition coefficient (Wildman–Crippen LogP) is 3.06. The zero-order valence-corrected chi connectivity index (χ0v) is 8.02. The molecule has 0 aliphatic heterocycles. The largest absolute Gasteiger partial charge is 0.490 e. The number of halogens is 2. The molecule has 1 nitrogen and oxygen atoms in total. The molecule has 0 atom stereocenters. The van der Waals surface area contributed by atoms with Crippen molar-refractivity contribution in [1.29, 1.82) is 0 Å². The van der Waals surface area contributed by atoms with Crippen molar-refractivity contribution in [2.24, 2.45) is 5.92 Å². The van der Waals surface area contributed by atoms with Crippen molar-refractivity contribution in [3.63, 3.8) is 0 Å². The van der Waals surface area contributed by atoms with Crippen LogP contribution in [0.2, 0.25) is 0 Å². The lowest BCUT2D eigenvalue weighted by Crippen LogP contribution is -2.01. The normalized spacial score (nSPS) is 15.6. The molecule has 1 saturated carbocycles. The Morgan fingerprint density at radius 2 is 2.00 bits per heavy atom. The van der Waals surface area contributed by atoms with Crippen LogP contribution >= 0.6 is 0 Å². The second-order valence-electron chi connectivity index (χ2n) is 3.79. The molecule has 1 aromatic carbocycles. The monoisotopic (exact) mass is 198 g/mol. The van der Waals surface area contributed by atoms with Gasteiger partial charge in [-0.1, -0.05) is 0 Å². The molecule has 0 unspecified atom stereocenters. The number of ether oxygens (including phenoxy) is 1. The molecular weight excluding hydrogens is 186 g/mol. The van der Waals surface area contributed by atoms with Gasteiger partial charge in [-0.15, -0.1) is 0 Å². The predicted molar refractivity (Wildman–Crippen MR) is 49.3 cm³/mol. The summed E-state index contributed by atoms with van der Waals surface area (Å²) >= 11 is 0. The third kappa shape index (κ3) is 2.03. The molecular formula is C11H12F2O. The van der Waals surface area contributed by atoms with E-state index in [0.29, 0.717) is 18.1 Å². The lowest BCUT2D eigenvalue weighted by molar-refractivity contribution is 0.284.